The molecule has 1 aliphatic carbocycles. The summed E-state index contributed by atoms with van der Waals surface area (Å²) in [5, 5.41) is 4.77. The average molecular weight is 225 g/mol. The lowest BCUT2D eigenvalue weighted by atomic mass is 9.65. The summed E-state index contributed by atoms with van der Waals surface area (Å²) in [4.78, 5) is 26.2. The second-order valence-corrected chi connectivity index (χ2v) is 4.68. The Labute approximate surface area is 93.4 Å². The molecule has 16 heavy (non-hydrogen) atoms. The number of rotatable bonds is 2. The van der Waals surface area contributed by atoms with Crippen molar-refractivity contribution in [2.75, 3.05) is 7.11 Å². The number of amides is 2. The van der Waals surface area contributed by atoms with Gasteiger partial charge in [0.2, 0.25) is 5.96 Å². The summed E-state index contributed by atoms with van der Waals surface area (Å²) in [6, 6.07) is 0.0612. The summed E-state index contributed by atoms with van der Waals surface area (Å²) in [6.45, 7) is 4.11. The van der Waals surface area contributed by atoms with Crippen LogP contribution in [0, 0.1) is 5.41 Å². The van der Waals surface area contributed by atoms with Crippen molar-refractivity contribution >= 4 is 17.8 Å². The molecule has 0 aromatic carbocycles. The molecular weight excluding hydrogens is 210 g/mol. The lowest BCUT2D eigenvalue weighted by Gasteiger charge is -2.48. The maximum absolute atomic E-state index is 10.9. The standard InChI is InChI=1S/C10H15N3O3/c1-10(2)5(4-6(10)16-3)11-9-12-7(14)8(15)13-9/h5-6H,4H2,1-3H3,(H2,11,12,13,14,15). The number of nitrogens with zero attached hydrogens (tertiary/aromatic N) is 1. The van der Waals surface area contributed by atoms with Crippen molar-refractivity contribution in [3.05, 3.63) is 0 Å². The van der Waals surface area contributed by atoms with Crippen LogP contribution in [0.5, 0.6) is 0 Å². The number of guanidine groups is 1. The number of hydrogen-bond donors (Lipinski definition) is 2. The molecule has 88 valence electrons. The summed E-state index contributed by atoms with van der Waals surface area (Å²) in [7, 11) is 1.68. The Morgan fingerprint density at radius 3 is 2.31 bits per heavy atom. The molecule has 2 N–H and O–H groups in total. The molecule has 0 aromatic rings. The number of methoxy groups -OCH3 is 1. The van der Waals surface area contributed by atoms with Crippen LogP contribution in [0.3, 0.4) is 0 Å². The van der Waals surface area contributed by atoms with Crippen molar-refractivity contribution in [3.8, 4) is 0 Å². The van der Waals surface area contributed by atoms with Gasteiger partial charge in [-0.05, 0) is 6.42 Å². The van der Waals surface area contributed by atoms with Gasteiger partial charge in [-0.15, -0.1) is 0 Å². The quantitative estimate of drug-likeness (QED) is 0.616. The van der Waals surface area contributed by atoms with Gasteiger partial charge in [0.1, 0.15) is 0 Å². The number of hydrogen-bond acceptors (Lipinski definition) is 4. The molecular formula is C10H15N3O3. The summed E-state index contributed by atoms with van der Waals surface area (Å²) < 4.78 is 5.29. The van der Waals surface area contributed by atoms with E-state index in [1.807, 2.05) is 0 Å². The van der Waals surface area contributed by atoms with Crippen LogP contribution in [0.25, 0.3) is 0 Å². The summed E-state index contributed by atoms with van der Waals surface area (Å²) >= 11 is 0. The second kappa shape index (κ2) is 3.55. The van der Waals surface area contributed by atoms with Crippen LogP contribution in [0.1, 0.15) is 20.3 Å². The first kappa shape index (κ1) is 11.1. The zero-order valence-corrected chi connectivity index (χ0v) is 9.53. The molecule has 6 nitrogen and oxygen atoms in total. The van der Waals surface area contributed by atoms with Crippen molar-refractivity contribution in [3.63, 3.8) is 0 Å². The first-order valence-electron chi connectivity index (χ1n) is 5.18. The fourth-order valence-electron chi connectivity index (χ4n) is 2.06. The van der Waals surface area contributed by atoms with E-state index < -0.39 is 11.8 Å². The number of carbonyl (C=O) groups is 2. The van der Waals surface area contributed by atoms with Gasteiger partial charge in [-0.2, -0.15) is 0 Å². The van der Waals surface area contributed by atoms with Gasteiger partial charge in [-0.1, -0.05) is 13.8 Å². The normalized spacial score (nSPS) is 31.8. The number of nitrogens with one attached hydrogen (secondary N) is 2. The third kappa shape index (κ3) is 1.59. The van der Waals surface area contributed by atoms with E-state index in [1.54, 1.807) is 7.11 Å². The molecule has 2 atom stereocenters. The first-order valence-corrected chi connectivity index (χ1v) is 5.18. The van der Waals surface area contributed by atoms with Crippen LogP contribution < -0.4 is 10.6 Å². The zero-order chi connectivity index (χ0) is 11.9. The van der Waals surface area contributed by atoms with Gasteiger partial charge >= 0.3 is 11.8 Å². The van der Waals surface area contributed by atoms with E-state index in [4.69, 9.17) is 4.74 Å². The van der Waals surface area contributed by atoms with Crippen LogP contribution in [-0.4, -0.2) is 37.0 Å². The van der Waals surface area contributed by atoms with Gasteiger partial charge in [0.25, 0.3) is 0 Å². The predicted molar refractivity (Wildman–Crippen MR) is 56.7 cm³/mol. The lowest BCUT2D eigenvalue weighted by molar-refractivity contribution is -0.135. The minimum Gasteiger partial charge on any atom is -0.381 e. The Kier molecular flexibility index (Phi) is 2.46. The van der Waals surface area contributed by atoms with Gasteiger partial charge in [0, 0.05) is 12.5 Å². The molecule has 0 spiro atoms. The Bertz CT molecular complexity index is 358. The van der Waals surface area contributed by atoms with E-state index in [0.717, 1.165) is 6.42 Å². The first-order chi connectivity index (χ1) is 7.45. The maximum Gasteiger partial charge on any atom is 0.316 e. The Morgan fingerprint density at radius 2 is 1.88 bits per heavy atom. The average Bonchev–Trinajstić information content (AvgIpc) is 2.52. The molecule has 1 saturated heterocycles. The molecule has 0 bridgehead atoms. The van der Waals surface area contributed by atoms with Gasteiger partial charge in [-0.25, -0.2) is 4.99 Å². The Hall–Kier alpha value is -1.43. The highest BCUT2D eigenvalue weighted by Crippen LogP contribution is 2.44. The van der Waals surface area contributed by atoms with Gasteiger partial charge in [0.15, 0.2) is 0 Å². The largest absolute Gasteiger partial charge is 0.381 e. The van der Waals surface area contributed by atoms with Crippen LogP contribution in [-0.2, 0) is 14.3 Å². The van der Waals surface area contributed by atoms with Gasteiger partial charge in [0.05, 0.1) is 12.1 Å². The molecule has 0 aromatic heterocycles. The van der Waals surface area contributed by atoms with Gasteiger partial charge < -0.3 is 4.74 Å². The number of ether oxygens (including phenoxy) is 1. The van der Waals surface area contributed by atoms with Crippen molar-refractivity contribution in [2.24, 2.45) is 10.4 Å². The Balaban J connectivity index is 2.05. The summed E-state index contributed by atoms with van der Waals surface area (Å²) in [6.07, 6.45) is 0.980. The number of carbonyl (C=O) groups excluding carboxylic acids is 2. The van der Waals surface area contributed by atoms with Crippen LogP contribution in [0.15, 0.2) is 4.99 Å². The van der Waals surface area contributed by atoms with Crippen molar-refractivity contribution in [1.29, 1.82) is 0 Å². The molecule has 1 heterocycles. The predicted octanol–water partition coefficient (Wildman–Crippen LogP) is -0.598. The molecule has 2 rings (SSSR count). The highest BCUT2D eigenvalue weighted by Gasteiger charge is 2.49. The Morgan fingerprint density at radius 1 is 1.31 bits per heavy atom. The zero-order valence-electron chi connectivity index (χ0n) is 9.53. The summed E-state index contributed by atoms with van der Waals surface area (Å²) in [5.41, 5.74) is -0.0696. The SMILES string of the molecule is COC1CC(N=C2NC(=O)C(=O)N2)C1(C)C. The molecule has 2 fully saturated rings. The molecule has 0 radical (unpaired) electrons. The molecule has 6 heteroatoms. The minimum atomic E-state index is -0.654. The molecule has 2 unspecified atom stereocenters. The van der Waals surface area contributed by atoms with E-state index >= 15 is 0 Å². The molecule has 1 saturated carbocycles. The third-order valence-electron chi connectivity index (χ3n) is 3.37. The fourth-order valence-corrected chi connectivity index (χ4v) is 2.06. The van der Waals surface area contributed by atoms with Crippen LogP contribution in [0.2, 0.25) is 0 Å². The highest BCUT2D eigenvalue weighted by molar-refractivity contribution is 6.45. The van der Waals surface area contributed by atoms with E-state index in [-0.39, 0.29) is 23.5 Å². The van der Waals surface area contributed by atoms with E-state index in [9.17, 15) is 9.59 Å². The molecule has 2 amide bonds. The second-order valence-electron chi connectivity index (χ2n) is 4.68. The lowest BCUT2D eigenvalue weighted by Crippen LogP contribution is -2.54. The van der Waals surface area contributed by atoms with E-state index in [2.05, 4.69) is 29.5 Å². The van der Waals surface area contributed by atoms with Crippen molar-refractivity contribution < 1.29 is 14.3 Å². The van der Waals surface area contributed by atoms with E-state index in [1.165, 1.54) is 0 Å². The summed E-state index contributed by atoms with van der Waals surface area (Å²) in [5.74, 6) is -1.05. The molecule has 2 aliphatic rings. The molecule has 1 aliphatic heterocycles. The van der Waals surface area contributed by atoms with Crippen LogP contribution in [0.4, 0.5) is 0 Å². The highest BCUT2D eigenvalue weighted by atomic mass is 16.5. The third-order valence-corrected chi connectivity index (χ3v) is 3.37. The maximum atomic E-state index is 10.9. The minimum absolute atomic E-state index is 0.0612. The smallest absolute Gasteiger partial charge is 0.316 e. The fraction of sp³-hybridized carbons (Fsp3) is 0.700. The van der Waals surface area contributed by atoms with Gasteiger partial charge in [-0.3, -0.25) is 20.2 Å². The van der Waals surface area contributed by atoms with Crippen molar-refractivity contribution in [2.45, 2.75) is 32.4 Å². The monoisotopic (exact) mass is 225 g/mol. The van der Waals surface area contributed by atoms with Crippen molar-refractivity contribution in [1.82, 2.24) is 10.6 Å². The topological polar surface area (TPSA) is 79.8 Å². The number of aliphatic imine (C=N–C) groups is 1. The van der Waals surface area contributed by atoms with E-state index in [0.29, 0.717) is 0 Å². The van der Waals surface area contributed by atoms with Crippen LogP contribution >= 0.6 is 0 Å².